The molecule has 1 heterocycles. The first-order valence-electron chi connectivity index (χ1n) is 9.96. The Morgan fingerprint density at radius 3 is 2.54 bits per heavy atom. The van der Waals surface area contributed by atoms with Gasteiger partial charge in [-0.2, -0.15) is 0 Å². The summed E-state index contributed by atoms with van der Waals surface area (Å²) in [6.07, 6.45) is 7.92. The summed E-state index contributed by atoms with van der Waals surface area (Å²) in [6.45, 7) is 4.47. The Morgan fingerprint density at radius 1 is 1.19 bits per heavy atom. The molecule has 144 valence electrons. The number of halogens is 2. The van der Waals surface area contributed by atoms with Crippen molar-refractivity contribution in [3.05, 3.63) is 34.6 Å². The summed E-state index contributed by atoms with van der Waals surface area (Å²) in [4.78, 5) is 13.3. The Kier molecular flexibility index (Phi) is 6.93. The van der Waals surface area contributed by atoms with Crippen LogP contribution in [-0.4, -0.2) is 36.5 Å². The van der Waals surface area contributed by atoms with E-state index >= 15 is 0 Å². The SMILES string of the molecule is CC(=O)N1CCC(NCCC2CCC(c3cc(F)ccc3Cl)CC2)CC1. The van der Waals surface area contributed by atoms with Crippen LogP contribution in [0, 0.1) is 11.7 Å². The zero-order valence-electron chi connectivity index (χ0n) is 15.6. The maximum absolute atomic E-state index is 13.5. The van der Waals surface area contributed by atoms with Gasteiger partial charge in [-0.15, -0.1) is 0 Å². The van der Waals surface area contributed by atoms with Gasteiger partial charge in [-0.05, 0) is 87.1 Å². The molecule has 1 saturated carbocycles. The van der Waals surface area contributed by atoms with Crippen LogP contribution in [0.15, 0.2) is 18.2 Å². The van der Waals surface area contributed by atoms with Crippen molar-refractivity contribution in [1.29, 1.82) is 0 Å². The summed E-state index contributed by atoms with van der Waals surface area (Å²) in [5, 5.41) is 4.38. The van der Waals surface area contributed by atoms with E-state index in [2.05, 4.69) is 5.32 Å². The third-order valence-electron chi connectivity index (χ3n) is 6.17. The maximum atomic E-state index is 13.5. The number of carbonyl (C=O) groups excluding carboxylic acids is 1. The normalized spacial score (nSPS) is 24.7. The van der Waals surface area contributed by atoms with E-state index in [0.717, 1.165) is 56.8 Å². The predicted octanol–water partition coefficient (Wildman–Crippen LogP) is 4.74. The zero-order valence-corrected chi connectivity index (χ0v) is 16.4. The van der Waals surface area contributed by atoms with Crippen LogP contribution in [0.1, 0.15) is 63.4 Å². The topological polar surface area (TPSA) is 32.3 Å². The van der Waals surface area contributed by atoms with Crippen LogP contribution in [0.4, 0.5) is 4.39 Å². The third-order valence-corrected chi connectivity index (χ3v) is 6.51. The zero-order chi connectivity index (χ0) is 18.5. The molecule has 0 aromatic heterocycles. The quantitative estimate of drug-likeness (QED) is 0.799. The smallest absolute Gasteiger partial charge is 0.219 e. The van der Waals surface area contributed by atoms with Crippen molar-refractivity contribution in [3.8, 4) is 0 Å². The standard InChI is InChI=1S/C21H30ClFN2O/c1-15(26)25-12-9-19(10-13-25)24-11-8-16-2-4-17(5-3-16)20-14-18(23)6-7-21(20)22/h6-7,14,16-17,19,24H,2-5,8-13H2,1H3. The van der Waals surface area contributed by atoms with Crippen molar-refractivity contribution >= 4 is 17.5 Å². The fourth-order valence-electron chi connectivity index (χ4n) is 4.48. The molecule has 3 rings (SSSR count). The number of nitrogens with one attached hydrogen (secondary N) is 1. The van der Waals surface area contributed by atoms with Crippen molar-refractivity contribution in [2.24, 2.45) is 5.92 Å². The highest BCUT2D eigenvalue weighted by molar-refractivity contribution is 6.31. The van der Waals surface area contributed by atoms with Crippen LogP contribution in [-0.2, 0) is 4.79 Å². The van der Waals surface area contributed by atoms with E-state index in [0.29, 0.717) is 17.0 Å². The Bertz CT molecular complexity index is 608. The number of hydrogen-bond donors (Lipinski definition) is 1. The summed E-state index contributed by atoms with van der Waals surface area (Å²) < 4.78 is 13.5. The first-order valence-corrected chi connectivity index (χ1v) is 10.3. The number of amides is 1. The van der Waals surface area contributed by atoms with Crippen LogP contribution in [0.25, 0.3) is 0 Å². The van der Waals surface area contributed by atoms with E-state index in [9.17, 15) is 9.18 Å². The number of hydrogen-bond acceptors (Lipinski definition) is 2. The van der Waals surface area contributed by atoms with Gasteiger partial charge >= 0.3 is 0 Å². The minimum absolute atomic E-state index is 0.188. The molecule has 1 aromatic rings. The van der Waals surface area contributed by atoms with Gasteiger partial charge in [0.1, 0.15) is 5.82 Å². The molecule has 1 amide bonds. The summed E-state index contributed by atoms with van der Waals surface area (Å²) in [6, 6.07) is 5.28. The molecule has 0 spiro atoms. The lowest BCUT2D eigenvalue weighted by Crippen LogP contribution is -2.44. The Labute approximate surface area is 161 Å². The van der Waals surface area contributed by atoms with E-state index in [-0.39, 0.29) is 11.7 Å². The van der Waals surface area contributed by atoms with Crippen molar-refractivity contribution in [1.82, 2.24) is 10.2 Å². The molecule has 0 bridgehead atoms. The lowest BCUT2D eigenvalue weighted by atomic mass is 9.77. The summed E-state index contributed by atoms with van der Waals surface area (Å²) >= 11 is 6.26. The lowest BCUT2D eigenvalue weighted by Gasteiger charge is -2.33. The van der Waals surface area contributed by atoms with E-state index in [4.69, 9.17) is 11.6 Å². The van der Waals surface area contributed by atoms with Crippen molar-refractivity contribution in [3.63, 3.8) is 0 Å². The molecule has 0 radical (unpaired) electrons. The second-order valence-electron chi connectivity index (χ2n) is 7.91. The van der Waals surface area contributed by atoms with Crippen molar-refractivity contribution in [2.45, 2.75) is 63.8 Å². The molecule has 0 unspecified atom stereocenters. The van der Waals surface area contributed by atoms with Gasteiger partial charge in [0.2, 0.25) is 5.91 Å². The molecule has 2 fully saturated rings. The molecule has 2 aliphatic rings. The van der Waals surface area contributed by atoms with E-state index in [1.165, 1.54) is 25.3 Å². The van der Waals surface area contributed by atoms with Gasteiger partial charge in [0.25, 0.3) is 0 Å². The molecule has 1 aliphatic heterocycles. The highest BCUT2D eigenvalue weighted by atomic mass is 35.5. The maximum Gasteiger partial charge on any atom is 0.219 e. The van der Waals surface area contributed by atoms with Crippen molar-refractivity contribution < 1.29 is 9.18 Å². The summed E-state index contributed by atoms with van der Waals surface area (Å²) in [5.74, 6) is 1.16. The second kappa shape index (κ2) is 9.18. The van der Waals surface area contributed by atoms with Gasteiger partial charge in [0, 0.05) is 31.1 Å². The average molecular weight is 381 g/mol. The Balaban J connectivity index is 1.36. The van der Waals surface area contributed by atoms with E-state index in [1.54, 1.807) is 19.1 Å². The van der Waals surface area contributed by atoms with Gasteiger partial charge in [-0.3, -0.25) is 4.79 Å². The molecule has 3 nitrogen and oxygen atoms in total. The predicted molar refractivity (Wildman–Crippen MR) is 104 cm³/mol. The molecular weight excluding hydrogens is 351 g/mol. The minimum Gasteiger partial charge on any atom is -0.343 e. The molecule has 0 atom stereocenters. The molecule has 5 heteroatoms. The number of rotatable bonds is 5. The average Bonchev–Trinajstić information content (AvgIpc) is 2.65. The highest BCUT2D eigenvalue weighted by Gasteiger charge is 2.25. The molecule has 1 aromatic carbocycles. The summed E-state index contributed by atoms with van der Waals surface area (Å²) in [7, 11) is 0. The van der Waals surface area contributed by atoms with Crippen LogP contribution in [0.5, 0.6) is 0 Å². The van der Waals surface area contributed by atoms with Gasteiger partial charge in [-0.25, -0.2) is 4.39 Å². The molecule has 1 N–H and O–H groups in total. The largest absolute Gasteiger partial charge is 0.343 e. The van der Waals surface area contributed by atoms with Crippen LogP contribution in [0.2, 0.25) is 5.02 Å². The van der Waals surface area contributed by atoms with Gasteiger partial charge in [0.05, 0.1) is 0 Å². The fraction of sp³-hybridized carbons (Fsp3) is 0.667. The number of carbonyl (C=O) groups is 1. The number of nitrogens with zero attached hydrogens (tertiary/aromatic N) is 1. The van der Waals surface area contributed by atoms with Crippen LogP contribution >= 0.6 is 11.6 Å². The van der Waals surface area contributed by atoms with Crippen molar-refractivity contribution in [2.75, 3.05) is 19.6 Å². The molecule has 1 saturated heterocycles. The monoisotopic (exact) mass is 380 g/mol. The fourth-order valence-corrected chi connectivity index (χ4v) is 4.75. The Hall–Kier alpha value is -1.13. The van der Waals surface area contributed by atoms with E-state index in [1.807, 2.05) is 4.90 Å². The first kappa shape index (κ1) is 19.6. The van der Waals surface area contributed by atoms with Gasteiger partial charge in [0.15, 0.2) is 0 Å². The lowest BCUT2D eigenvalue weighted by molar-refractivity contribution is -0.129. The number of likely N-dealkylation sites (tertiary alicyclic amines) is 1. The molecule has 1 aliphatic carbocycles. The van der Waals surface area contributed by atoms with Crippen LogP contribution in [0.3, 0.4) is 0 Å². The number of piperidine rings is 1. The minimum atomic E-state index is -0.188. The summed E-state index contributed by atoms with van der Waals surface area (Å²) in [5.41, 5.74) is 0.987. The Morgan fingerprint density at radius 2 is 1.88 bits per heavy atom. The molecule has 26 heavy (non-hydrogen) atoms. The van der Waals surface area contributed by atoms with Crippen LogP contribution < -0.4 is 5.32 Å². The first-order chi connectivity index (χ1) is 12.5. The second-order valence-corrected chi connectivity index (χ2v) is 8.31. The van der Waals surface area contributed by atoms with Gasteiger partial charge < -0.3 is 10.2 Å². The van der Waals surface area contributed by atoms with E-state index < -0.39 is 0 Å². The molecular formula is C21H30ClFN2O. The highest BCUT2D eigenvalue weighted by Crippen LogP contribution is 2.39. The third kappa shape index (κ3) is 5.20. The number of benzene rings is 1. The van der Waals surface area contributed by atoms with Gasteiger partial charge in [-0.1, -0.05) is 11.6 Å².